The zero-order valence-corrected chi connectivity index (χ0v) is 11.4. The Morgan fingerprint density at radius 1 is 1.53 bits per heavy atom. The predicted octanol–water partition coefficient (Wildman–Crippen LogP) is 2.54. The smallest absolute Gasteiger partial charge is 0.101 e. The average molecular weight is 259 g/mol. The van der Waals surface area contributed by atoms with Crippen LogP contribution in [0.4, 0.5) is 11.4 Å². The molecule has 0 radical (unpaired) electrons. The van der Waals surface area contributed by atoms with E-state index in [1.54, 1.807) is 6.07 Å². The summed E-state index contributed by atoms with van der Waals surface area (Å²) in [6.07, 6.45) is 3.52. The van der Waals surface area contributed by atoms with Gasteiger partial charge in [-0.15, -0.1) is 0 Å². The van der Waals surface area contributed by atoms with Crippen molar-refractivity contribution in [2.24, 2.45) is 0 Å². The Morgan fingerprint density at radius 2 is 2.37 bits per heavy atom. The Kier molecular flexibility index (Phi) is 4.64. The summed E-state index contributed by atoms with van der Waals surface area (Å²) in [5.41, 5.74) is 7.99. The molecule has 19 heavy (non-hydrogen) atoms. The van der Waals surface area contributed by atoms with Crippen LogP contribution >= 0.6 is 0 Å². The fraction of sp³-hybridized carbons (Fsp3) is 0.533. The first-order chi connectivity index (χ1) is 9.24. The maximum atomic E-state index is 9.22. The molecule has 1 atom stereocenters. The van der Waals surface area contributed by atoms with Gasteiger partial charge >= 0.3 is 0 Å². The molecule has 0 aromatic heterocycles. The van der Waals surface area contributed by atoms with E-state index >= 15 is 0 Å². The summed E-state index contributed by atoms with van der Waals surface area (Å²) in [6.45, 7) is 4.77. The van der Waals surface area contributed by atoms with Crippen LogP contribution in [-0.2, 0) is 4.74 Å². The van der Waals surface area contributed by atoms with Gasteiger partial charge in [0.1, 0.15) is 6.07 Å². The molecule has 1 aliphatic heterocycles. The third-order valence-electron chi connectivity index (χ3n) is 3.42. The van der Waals surface area contributed by atoms with E-state index in [1.165, 1.54) is 0 Å². The molecule has 1 aromatic rings. The molecule has 102 valence electrons. The standard InChI is InChI=1S/C15H21N3O/c1-2-8-19-14-4-3-7-18(11-14)15-6-5-13(17)9-12(15)10-16/h5-6,9,14H,2-4,7-8,11,17H2,1H3. The molecule has 1 aliphatic rings. The Labute approximate surface area is 114 Å². The van der Waals surface area contributed by atoms with Gasteiger partial charge in [0.25, 0.3) is 0 Å². The second-order valence-corrected chi connectivity index (χ2v) is 4.97. The Morgan fingerprint density at radius 3 is 3.11 bits per heavy atom. The van der Waals surface area contributed by atoms with E-state index in [4.69, 9.17) is 10.5 Å². The second kappa shape index (κ2) is 6.44. The summed E-state index contributed by atoms with van der Waals surface area (Å²) in [7, 11) is 0. The monoisotopic (exact) mass is 259 g/mol. The number of anilines is 2. The highest BCUT2D eigenvalue weighted by Gasteiger charge is 2.22. The zero-order chi connectivity index (χ0) is 13.7. The molecule has 0 amide bonds. The number of nitrogens with two attached hydrogens (primary N) is 1. The van der Waals surface area contributed by atoms with Crippen LogP contribution < -0.4 is 10.6 Å². The van der Waals surface area contributed by atoms with E-state index in [2.05, 4.69) is 17.9 Å². The van der Waals surface area contributed by atoms with Crippen LogP contribution in [0.25, 0.3) is 0 Å². The van der Waals surface area contributed by atoms with Crippen LogP contribution in [0.2, 0.25) is 0 Å². The van der Waals surface area contributed by atoms with Gasteiger partial charge in [-0.25, -0.2) is 0 Å². The van der Waals surface area contributed by atoms with Gasteiger partial charge in [0.15, 0.2) is 0 Å². The molecule has 4 nitrogen and oxygen atoms in total. The van der Waals surface area contributed by atoms with Crippen molar-refractivity contribution < 1.29 is 4.74 Å². The van der Waals surface area contributed by atoms with Gasteiger partial charge in [-0.1, -0.05) is 6.92 Å². The molecule has 4 heteroatoms. The summed E-state index contributed by atoms with van der Waals surface area (Å²) in [4.78, 5) is 2.24. The normalized spacial score (nSPS) is 19.2. The number of hydrogen-bond donors (Lipinski definition) is 1. The number of hydrogen-bond acceptors (Lipinski definition) is 4. The number of nitrogens with zero attached hydrogens (tertiary/aromatic N) is 2. The van der Waals surface area contributed by atoms with E-state index in [1.807, 2.05) is 12.1 Å². The van der Waals surface area contributed by atoms with Crippen LogP contribution in [0.3, 0.4) is 0 Å². The van der Waals surface area contributed by atoms with Crippen molar-refractivity contribution in [1.82, 2.24) is 0 Å². The summed E-state index contributed by atoms with van der Waals surface area (Å²) >= 11 is 0. The SMILES string of the molecule is CCCOC1CCCN(c2ccc(N)cc2C#N)C1. The molecule has 1 aromatic carbocycles. The number of benzene rings is 1. The van der Waals surface area contributed by atoms with Crippen LogP contribution in [0, 0.1) is 11.3 Å². The van der Waals surface area contributed by atoms with Gasteiger partial charge in [-0.3, -0.25) is 0 Å². The number of piperidine rings is 1. The lowest BCUT2D eigenvalue weighted by molar-refractivity contribution is 0.0440. The molecule has 1 saturated heterocycles. The van der Waals surface area contributed by atoms with Crippen molar-refractivity contribution in [3.8, 4) is 6.07 Å². The van der Waals surface area contributed by atoms with E-state index in [-0.39, 0.29) is 6.10 Å². The fourth-order valence-electron chi connectivity index (χ4n) is 2.50. The van der Waals surface area contributed by atoms with Crippen LogP contribution in [0.15, 0.2) is 18.2 Å². The van der Waals surface area contributed by atoms with Crippen molar-refractivity contribution in [1.29, 1.82) is 5.26 Å². The summed E-state index contributed by atoms with van der Waals surface area (Å²) in [6, 6.07) is 7.77. The van der Waals surface area contributed by atoms with Gasteiger partial charge < -0.3 is 15.4 Å². The zero-order valence-electron chi connectivity index (χ0n) is 11.4. The van der Waals surface area contributed by atoms with Crippen molar-refractivity contribution in [3.63, 3.8) is 0 Å². The molecular weight excluding hydrogens is 238 g/mol. The minimum Gasteiger partial charge on any atom is -0.399 e. The Hall–Kier alpha value is -1.73. The molecule has 0 saturated carbocycles. The van der Waals surface area contributed by atoms with Crippen LogP contribution in [-0.4, -0.2) is 25.8 Å². The quantitative estimate of drug-likeness (QED) is 0.844. The van der Waals surface area contributed by atoms with Gasteiger partial charge in [-0.05, 0) is 37.5 Å². The van der Waals surface area contributed by atoms with Gasteiger partial charge in [-0.2, -0.15) is 5.26 Å². The molecule has 0 bridgehead atoms. The van der Waals surface area contributed by atoms with Crippen molar-refractivity contribution in [3.05, 3.63) is 23.8 Å². The van der Waals surface area contributed by atoms with E-state index < -0.39 is 0 Å². The predicted molar refractivity (Wildman–Crippen MR) is 77.0 cm³/mol. The van der Waals surface area contributed by atoms with E-state index in [0.717, 1.165) is 44.6 Å². The molecule has 0 aliphatic carbocycles. The van der Waals surface area contributed by atoms with Gasteiger partial charge in [0.05, 0.1) is 17.4 Å². The lowest BCUT2D eigenvalue weighted by atomic mass is 10.0. The van der Waals surface area contributed by atoms with Crippen molar-refractivity contribution in [2.75, 3.05) is 30.3 Å². The third-order valence-corrected chi connectivity index (χ3v) is 3.42. The van der Waals surface area contributed by atoms with Crippen molar-refractivity contribution in [2.45, 2.75) is 32.3 Å². The highest BCUT2D eigenvalue weighted by molar-refractivity contribution is 5.64. The molecular formula is C15H21N3O. The fourth-order valence-corrected chi connectivity index (χ4v) is 2.50. The molecule has 2 N–H and O–H groups in total. The molecule has 2 rings (SSSR count). The molecule has 1 unspecified atom stereocenters. The lowest BCUT2D eigenvalue weighted by Gasteiger charge is -2.34. The first-order valence-corrected chi connectivity index (χ1v) is 6.90. The van der Waals surface area contributed by atoms with Crippen molar-refractivity contribution >= 4 is 11.4 Å². The largest absolute Gasteiger partial charge is 0.399 e. The second-order valence-electron chi connectivity index (χ2n) is 4.97. The summed E-state index contributed by atoms with van der Waals surface area (Å²) in [5.74, 6) is 0. The molecule has 1 fully saturated rings. The van der Waals surface area contributed by atoms with Crippen LogP contribution in [0.1, 0.15) is 31.7 Å². The average Bonchev–Trinajstić information content (AvgIpc) is 2.45. The minimum absolute atomic E-state index is 0.276. The summed E-state index contributed by atoms with van der Waals surface area (Å²) < 4.78 is 5.83. The Balaban J connectivity index is 2.11. The summed E-state index contributed by atoms with van der Waals surface area (Å²) in [5, 5.41) is 9.22. The first-order valence-electron chi connectivity index (χ1n) is 6.90. The third kappa shape index (κ3) is 3.39. The maximum absolute atomic E-state index is 9.22. The number of nitriles is 1. The molecule has 0 spiro atoms. The highest BCUT2D eigenvalue weighted by Crippen LogP contribution is 2.26. The van der Waals surface area contributed by atoms with Gasteiger partial charge in [0.2, 0.25) is 0 Å². The minimum atomic E-state index is 0.276. The first kappa shape index (κ1) is 13.7. The Bertz CT molecular complexity index is 467. The van der Waals surface area contributed by atoms with Crippen LogP contribution in [0.5, 0.6) is 0 Å². The molecule has 1 heterocycles. The van der Waals surface area contributed by atoms with Gasteiger partial charge in [0, 0.05) is 25.4 Å². The highest BCUT2D eigenvalue weighted by atomic mass is 16.5. The maximum Gasteiger partial charge on any atom is 0.101 e. The lowest BCUT2D eigenvalue weighted by Crippen LogP contribution is -2.40. The van der Waals surface area contributed by atoms with E-state index in [9.17, 15) is 5.26 Å². The number of rotatable bonds is 4. The topological polar surface area (TPSA) is 62.3 Å². The number of ether oxygens (including phenoxy) is 1. The number of nitrogen functional groups attached to an aromatic ring is 1. The van der Waals surface area contributed by atoms with E-state index in [0.29, 0.717) is 11.3 Å².